The summed E-state index contributed by atoms with van der Waals surface area (Å²) in [6.45, 7) is 2.95. The van der Waals surface area contributed by atoms with Crippen LogP contribution < -0.4 is 0 Å². The summed E-state index contributed by atoms with van der Waals surface area (Å²) in [7, 11) is 1.00. The van der Waals surface area contributed by atoms with Crippen molar-refractivity contribution in [2.45, 2.75) is 25.8 Å². The van der Waals surface area contributed by atoms with E-state index in [9.17, 15) is 5.11 Å². The molecule has 18 heavy (non-hydrogen) atoms. The van der Waals surface area contributed by atoms with Crippen LogP contribution in [0.2, 0.25) is 10.0 Å². The Kier molecular flexibility index (Phi) is 6.79. The van der Waals surface area contributed by atoms with Crippen LogP contribution in [0.4, 0.5) is 0 Å². The van der Waals surface area contributed by atoms with Crippen molar-refractivity contribution in [1.29, 1.82) is 0 Å². The molecule has 2 N–H and O–H groups in total. The number of phenolic OH excluding ortho intramolecular Hbond substituents is 1. The van der Waals surface area contributed by atoms with E-state index in [1.54, 1.807) is 6.07 Å². The Labute approximate surface area is 118 Å². The van der Waals surface area contributed by atoms with Gasteiger partial charge in [0.15, 0.2) is 0 Å². The molecule has 1 aromatic carbocycles. The normalized spacial score (nSPS) is 16.0. The van der Waals surface area contributed by atoms with Gasteiger partial charge in [-0.05, 0) is 32.0 Å². The molecule has 1 aromatic rings. The molecular formula is C13H19Cl2NO2. The quantitative estimate of drug-likeness (QED) is 0.879. The van der Waals surface area contributed by atoms with Crippen molar-refractivity contribution in [3.8, 4) is 5.75 Å². The molecular weight excluding hydrogens is 273 g/mol. The van der Waals surface area contributed by atoms with Crippen LogP contribution in [-0.2, 0) is 6.54 Å². The zero-order chi connectivity index (χ0) is 13.5. The number of hydrogen-bond donors (Lipinski definition) is 2. The minimum Gasteiger partial charge on any atom is -0.508 e. The number of likely N-dealkylation sites (tertiary alicyclic amines) is 1. The third-order valence-corrected chi connectivity index (χ3v) is 3.69. The second-order valence-electron chi connectivity index (χ2n) is 4.23. The Balaban J connectivity index is 0.000000771. The highest BCUT2D eigenvalue weighted by Crippen LogP contribution is 2.30. The lowest BCUT2D eigenvalue weighted by Gasteiger charge is -2.26. The minimum atomic E-state index is 0.236. The fourth-order valence-corrected chi connectivity index (χ4v) is 2.41. The molecule has 1 aliphatic rings. The molecule has 0 spiro atoms. The molecule has 0 atom stereocenters. The molecule has 1 aliphatic heterocycles. The number of aliphatic hydroxyl groups is 1. The highest BCUT2D eigenvalue weighted by Gasteiger charge is 2.13. The van der Waals surface area contributed by atoms with E-state index in [0.717, 1.165) is 32.3 Å². The molecule has 3 nitrogen and oxygen atoms in total. The average molecular weight is 292 g/mol. The molecule has 2 rings (SSSR count). The number of aliphatic hydroxyl groups excluding tert-OH is 1. The lowest BCUT2D eigenvalue weighted by molar-refractivity contribution is 0.218. The molecule has 102 valence electrons. The van der Waals surface area contributed by atoms with Gasteiger partial charge in [-0.2, -0.15) is 0 Å². The van der Waals surface area contributed by atoms with Gasteiger partial charge in [0.25, 0.3) is 0 Å². The van der Waals surface area contributed by atoms with Gasteiger partial charge in [0.1, 0.15) is 5.75 Å². The van der Waals surface area contributed by atoms with E-state index in [4.69, 9.17) is 28.3 Å². The van der Waals surface area contributed by atoms with Crippen LogP contribution >= 0.6 is 23.2 Å². The number of benzene rings is 1. The van der Waals surface area contributed by atoms with Crippen molar-refractivity contribution >= 4 is 23.2 Å². The summed E-state index contributed by atoms with van der Waals surface area (Å²) in [5, 5.41) is 17.7. The van der Waals surface area contributed by atoms with E-state index >= 15 is 0 Å². The van der Waals surface area contributed by atoms with Crippen molar-refractivity contribution in [2.75, 3.05) is 20.2 Å². The zero-order valence-electron chi connectivity index (χ0n) is 10.5. The third kappa shape index (κ3) is 4.32. The second kappa shape index (κ2) is 7.85. The molecule has 1 fully saturated rings. The largest absolute Gasteiger partial charge is 0.508 e. The Morgan fingerprint density at radius 2 is 1.61 bits per heavy atom. The summed E-state index contributed by atoms with van der Waals surface area (Å²) in [5.41, 5.74) is 0.858. The Morgan fingerprint density at radius 3 is 2.22 bits per heavy atom. The number of nitrogens with zero attached hydrogens (tertiary/aromatic N) is 1. The maximum Gasteiger partial charge on any atom is 0.121 e. The lowest BCUT2D eigenvalue weighted by Crippen LogP contribution is -2.29. The Morgan fingerprint density at radius 1 is 1.06 bits per heavy atom. The van der Waals surface area contributed by atoms with Crippen molar-refractivity contribution in [1.82, 2.24) is 4.90 Å². The highest BCUT2D eigenvalue weighted by molar-refractivity contribution is 6.42. The van der Waals surface area contributed by atoms with Crippen molar-refractivity contribution in [3.63, 3.8) is 0 Å². The number of hydrogen-bond acceptors (Lipinski definition) is 3. The van der Waals surface area contributed by atoms with Crippen LogP contribution in [0.5, 0.6) is 5.75 Å². The number of phenols is 1. The van der Waals surface area contributed by atoms with E-state index in [0.29, 0.717) is 10.0 Å². The molecule has 5 heteroatoms. The average Bonchev–Trinajstić information content (AvgIpc) is 2.39. The van der Waals surface area contributed by atoms with Crippen molar-refractivity contribution in [2.24, 2.45) is 0 Å². The maximum absolute atomic E-state index is 9.78. The first-order chi connectivity index (χ1) is 8.66. The van der Waals surface area contributed by atoms with E-state index in [-0.39, 0.29) is 5.75 Å². The van der Waals surface area contributed by atoms with Crippen LogP contribution in [0.1, 0.15) is 24.8 Å². The topological polar surface area (TPSA) is 43.7 Å². The minimum absolute atomic E-state index is 0.236. The summed E-state index contributed by atoms with van der Waals surface area (Å²) in [6.07, 6.45) is 3.79. The van der Waals surface area contributed by atoms with Gasteiger partial charge in [-0.3, -0.25) is 4.90 Å². The van der Waals surface area contributed by atoms with Crippen LogP contribution in [0.3, 0.4) is 0 Å². The van der Waals surface area contributed by atoms with Gasteiger partial charge in [0, 0.05) is 25.3 Å². The molecule has 0 radical (unpaired) electrons. The number of piperidine rings is 1. The molecule has 0 saturated carbocycles. The fraction of sp³-hybridized carbons (Fsp3) is 0.538. The summed E-state index contributed by atoms with van der Waals surface area (Å²) < 4.78 is 0. The van der Waals surface area contributed by atoms with Crippen LogP contribution in [0, 0.1) is 0 Å². The lowest BCUT2D eigenvalue weighted by atomic mass is 10.1. The maximum atomic E-state index is 9.78. The molecule has 0 aromatic heterocycles. The highest BCUT2D eigenvalue weighted by atomic mass is 35.5. The predicted molar refractivity (Wildman–Crippen MR) is 75.4 cm³/mol. The first kappa shape index (κ1) is 15.6. The Bertz CT molecular complexity index is 379. The molecule has 1 saturated heterocycles. The first-order valence-corrected chi connectivity index (χ1v) is 6.76. The van der Waals surface area contributed by atoms with Gasteiger partial charge < -0.3 is 10.2 Å². The first-order valence-electron chi connectivity index (χ1n) is 6.01. The fourth-order valence-electron chi connectivity index (χ4n) is 2.06. The Hall–Kier alpha value is -0.480. The van der Waals surface area contributed by atoms with E-state index in [1.165, 1.54) is 25.3 Å². The van der Waals surface area contributed by atoms with Gasteiger partial charge in [0.2, 0.25) is 0 Å². The van der Waals surface area contributed by atoms with Gasteiger partial charge in [0.05, 0.1) is 10.0 Å². The summed E-state index contributed by atoms with van der Waals surface area (Å²) in [4.78, 5) is 2.34. The smallest absolute Gasteiger partial charge is 0.121 e. The predicted octanol–water partition coefficient (Wildman–Crippen LogP) is 3.29. The zero-order valence-corrected chi connectivity index (χ0v) is 12.0. The third-order valence-electron chi connectivity index (χ3n) is 2.96. The van der Waals surface area contributed by atoms with Crippen molar-refractivity contribution < 1.29 is 10.2 Å². The van der Waals surface area contributed by atoms with Gasteiger partial charge in [-0.25, -0.2) is 0 Å². The van der Waals surface area contributed by atoms with Gasteiger partial charge in [-0.1, -0.05) is 29.6 Å². The van der Waals surface area contributed by atoms with Crippen LogP contribution in [-0.4, -0.2) is 35.3 Å². The second-order valence-corrected chi connectivity index (χ2v) is 5.05. The van der Waals surface area contributed by atoms with Crippen molar-refractivity contribution in [3.05, 3.63) is 27.7 Å². The summed E-state index contributed by atoms with van der Waals surface area (Å²) in [5.74, 6) is 0.236. The number of aromatic hydroxyl groups is 1. The van der Waals surface area contributed by atoms with E-state index in [1.807, 2.05) is 0 Å². The number of halogens is 2. The SMILES string of the molecule is CO.Oc1cc(Cl)c(Cl)cc1CN1CCCCC1. The number of rotatable bonds is 2. The summed E-state index contributed by atoms with van der Waals surface area (Å²) >= 11 is 11.8. The van der Waals surface area contributed by atoms with Crippen LogP contribution in [0.25, 0.3) is 0 Å². The standard InChI is InChI=1S/C12H15Cl2NO.CH4O/c13-10-6-9(12(16)7-11(10)14)8-15-4-2-1-3-5-15;1-2/h6-7,16H,1-5,8H2;2H,1H3. The molecule has 0 bridgehead atoms. The summed E-state index contributed by atoms with van der Waals surface area (Å²) in [6, 6.07) is 3.27. The van der Waals surface area contributed by atoms with Gasteiger partial charge in [-0.15, -0.1) is 0 Å². The van der Waals surface area contributed by atoms with Gasteiger partial charge >= 0.3 is 0 Å². The van der Waals surface area contributed by atoms with E-state index in [2.05, 4.69) is 4.90 Å². The molecule has 0 aliphatic carbocycles. The molecule has 0 amide bonds. The monoisotopic (exact) mass is 291 g/mol. The molecule has 0 unspecified atom stereocenters. The van der Waals surface area contributed by atoms with Crippen LogP contribution in [0.15, 0.2) is 12.1 Å². The molecule has 1 heterocycles. The van der Waals surface area contributed by atoms with E-state index < -0.39 is 0 Å².